The molecule has 0 amide bonds. The Kier molecular flexibility index (Phi) is 3.41. The van der Waals surface area contributed by atoms with Crippen LogP contribution in [0.15, 0.2) is 48.5 Å². The van der Waals surface area contributed by atoms with Crippen molar-refractivity contribution in [1.29, 1.82) is 0 Å². The molecule has 6 heteroatoms. The van der Waals surface area contributed by atoms with E-state index in [1.165, 1.54) is 0 Å². The molecule has 0 saturated carbocycles. The van der Waals surface area contributed by atoms with Gasteiger partial charge in [-0.2, -0.15) is 0 Å². The van der Waals surface area contributed by atoms with Crippen molar-refractivity contribution in [3.63, 3.8) is 0 Å². The van der Waals surface area contributed by atoms with Crippen LogP contribution in [0.2, 0.25) is 5.02 Å². The smallest absolute Gasteiger partial charge is 0.358 e. The number of hydrogen-bond donors (Lipinski definition) is 2. The third kappa shape index (κ3) is 2.64. The SMILES string of the molecule is O=C(O)c1nnc2ccccc2c1Nc1ccc(Cl)cc1. The standard InChI is InChI=1S/C15H10ClN3O2/c16-9-5-7-10(8-6-9)17-13-11-3-1-2-4-12(11)18-19-14(13)15(20)21/h1-8H,(H,17,18)(H,20,21). The lowest BCUT2D eigenvalue weighted by molar-refractivity contribution is 0.0690. The first-order chi connectivity index (χ1) is 10.1. The summed E-state index contributed by atoms with van der Waals surface area (Å²) in [7, 11) is 0. The number of aromatic carboxylic acids is 1. The lowest BCUT2D eigenvalue weighted by Gasteiger charge is -2.11. The van der Waals surface area contributed by atoms with Gasteiger partial charge in [0, 0.05) is 16.1 Å². The Bertz CT molecular complexity index is 819. The Morgan fingerprint density at radius 2 is 1.76 bits per heavy atom. The van der Waals surface area contributed by atoms with Gasteiger partial charge in [0.1, 0.15) is 0 Å². The largest absolute Gasteiger partial charge is 0.476 e. The molecule has 3 rings (SSSR count). The molecule has 0 saturated heterocycles. The third-order valence-corrected chi connectivity index (χ3v) is 3.24. The van der Waals surface area contributed by atoms with Crippen molar-refractivity contribution in [3.8, 4) is 0 Å². The monoisotopic (exact) mass is 299 g/mol. The van der Waals surface area contributed by atoms with E-state index in [4.69, 9.17) is 11.6 Å². The topological polar surface area (TPSA) is 75.1 Å². The number of anilines is 2. The second kappa shape index (κ2) is 5.38. The van der Waals surface area contributed by atoms with Crippen LogP contribution >= 0.6 is 11.6 Å². The lowest BCUT2D eigenvalue weighted by atomic mass is 10.1. The highest BCUT2D eigenvalue weighted by atomic mass is 35.5. The van der Waals surface area contributed by atoms with Crippen molar-refractivity contribution < 1.29 is 9.90 Å². The highest BCUT2D eigenvalue weighted by Gasteiger charge is 2.16. The van der Waals surface area contributed by atoms with E-state index in [1.54, 1.807) is 36.4 Å². The number of nitrogens with zero attached hydrogens (tertiary/aromatic N) is 2. The molecule has 0 spiro atoms. The van der Waals surface area contributed by atoms with Crippen LogP contribution in [0.3, 0.4) is 0 Å². The number of benzene rings is 2. The van der Waals surface area contributed by atoms with Crippen molar-refractivity contribution in [2.75, 3.05) is 5.32 Å². The summed E-state index contributed by atoms with van der Waals surface area (Å²) in [5.41, 5.74) is 1.64. The van der Waals surface area contributed by atoms with Crippen molar-refractivity contribution in [2.45, 2.75) is 0 Å². The van der Waals surface area contributed by atoms with Crippen LogP contribution in [-0.4, -0.2) is 21.3 Å². The summed E-state index contributed by atoms with van der Waals surface area (Å²) >= 11 is 5.85. The van der Waals surface area contributed by atoms with E-state index in [-0.39, 0.29) is 5.69 Å². The fraction of sp³-hybridized carbons (Fsp3) is 0. The fourth-order valence-corrected chi connectivity index (χ4v) is 2.13. The number of hydrogen-bond acceptors (Lipinski definition) is 4. The normalized spacial score (nSPS) is 10.5. The van der Waals surface area contributed by atoms with Crippen molar-refractivity contribution in [2.24, 2.45) is 0 Å². The van der Waals surface area contributed by atoms with Crippen molar-refractivity contribution in [1.82, 2.24) is 10.2 Å². The average Bonchev–Trinajstić information content (AvgIpc) is 2.49. The van der Waals surface area contributed by atoms with E-state index in [0.717, 1.165) is 5.69 Å². The molecule has 0 atom stereocenters. The molecule has 1 aromatic heterocycles. The number of carboxylic acid groups (broad SMARTS) is 1. The van der Waals surface area contributed by atoms with Crippen LogP contribution in [0.5, 0.6) is 0 Å². The van der Waals surface area contributed by atoms with Crippen molar-refractivity contribution in [3.05, 3.63) is 59.2 Å². The first-order valence-corrected chi connectivity index (χ1v) is 6.54. The highest BCUT2D eigenvalue weighted by Crippen LogP contribution is 2.28. The summed E-state index contributed by atoms with van der Waals surface area (Å²) in [6.07, 6.45) is 0. The third-order valence-electron chi connectivity index (χ3n) is 2.98. The molecule has 0 aliphatic heterocycles. The Labute approximate surface area is 125 Å². The number of rotatable bonds is 3. The number of nitrogens with one attached hydrogen (secondary N) is 1. The van der Waals surface area contributed by atoms with Crippen LogP contribution in [-0.2, 0) is 0 Å². The Balaban J connectivity index is 2.16. The molecule has 0 bridgehead atoms. The number of fused-ring (bicyclic) bond motifs is 1. The predicted molar refractivity (Wildman–Crippen MR) is 81.2 cm³/mol. The molecule has 0 unspecified atom stereocenters. The van der Waals surface area contributed by atoms with E-state index in [1.807, 2.05) is 12.1 Å². The Hall–Kier alpha value is -2.66. The van der Waals surface area contributed by atoms with Crippen LogP contribution < -0.4 is 5.32 Å². The molecule has 21 heavy (non-hydrogen) atoms. The Morgan fingerprint density at radius 3 is 2.48 bits per heavy atom. The molecule has 104 valence electrons. The van der Waals surface area contributed by atoms with Gasteiger partial charge in [0.05, 0.1) is 11.2 Å². The highest BCUT2D eigenvalue weighted by molar-refractivity contribution is 6.30. The van der Waals surface area contributed by atoms with Gasteiger partial charge in [-0.25, -0.2) is 4.79 Å². The van der Waals surface area contributed by atoms with E-state index in [0.29, 0.717) is 21.6 Å². The van der Waals surface area contributed by atoms with Gasteiger partial charge in [0.2, 0.25) is 0 Å². The van der Waals surface area contributed by atoms with Gasteiger partial charge in [-0.1, -0.05) is 29.8 Å². The van der Waals surface area contributed by atoms with Crippen molar-refractivity contribution >= 4 is 39.8 Å². The van der Waals surface area contributed by atoms with Gasteiger partial charge in [0.25, 0.3) is 0 Å². The molecular weight excluding hydrogens is 290 g/mol. The van der Waals surface area contributed by atoms with Crippen LogP contribution in [0.1, 0.15) is 10.5 Å². The van der Waals surface area contributed by atoms with Gasteiger partial charge in [-0.3, -0.25) is 0 Å². The summed E-state index contributed by atoms with van der Waals surface area (Å²) in [6, 6.07) is 14.2. The molecule has 0 radical (unpaired) electrons. The minimum absolute atomic E-state index is 0.122. The summed E-state index contributed by atoms with van der Waals surface area (Å²) in [4.78, 5) is 11.3. The average molecular weight is 300 g/mol. The molecule has 1 heterocycles. The molecular formula is C15H10ClN3O2. The summed E-state index contributed by atoms with van der Waals surface area (Å²) in [5.74, 6) is -1.13. The maximum absolute atomic E-state index is 11.3. The van der Waals surface area contributed by atoms with Crippen LogP contribution in [0.4, 0.5) is 11.4 Å². The molecule has 3 aromatic rings. The van der Waals surface area contributed by atoms with Gasteiger partial charge < -0.3 is 10.4 Å². The van der Waals surface area contributed by atoms with Crippen LogP contribution in [0.25, 0.3) is 10.9 Å². The minimum atomic E-state index is -1.13. The van der Waals surface area contributed by atoms with E-state index < -0.39 is 5.97 Å². The number of aromatic nitrogens is 2. The zero-order chi connectivity index (χ0) is 14.8. The zero-order valence-corrected chi connectivity index (χ0v) is 11.5. The second-order valence-corrected chi connectivity index (χ2v) is 4.81. The minimum Gasteiger partial charge on any atom is -0.476 e. The lowest BCUT2D eigenvalue weighted by Crippen LogP contribution is -2.08. The molecule has 5 nitrogen and oxygen atoms in total. The molecule has 0 fully saturated rings. The maximum Gasteiger partial charge on any atom is 0.358 e. The zero-order valence-electron chi connectivity index (χ0n) is 10.7. The second-order valence-electron chi connectivity index (χ2n) is 4.38. The van der Waals surface area contributed by atoms with Gasteiger partial charge in [-0.05, 0) is 30.3 Å². The van der Waals surface area contributed by atoms with E-state index in [2.05, 4.69) is 15.5 Å². The van der Waals surface area contributed by atoms with Gasteiger partial charge in [0.15, 0.2) is 5.69 Å². The van der Waals surface area contributed by atoms with Gasteiger partial charge >= 0.3 is 5.97 Å². The molecule has 2 aromatic carbocycles. The maximum atomic E-state index is 11.3. The molecule has 0 aliphatic rings. The summed E-state index contributed by atoms with van der Waals surface area (Å²) in [6.45, 7) is 0. The van der Waals surface area contributed by atoms with Gasteiger partial charge in [-0.15, -0.1) is 10.2 Å². The number of carbonyl (C=O) groups is 1. The van der Waals surface area contributed by atoms with E-state index >= 15 is 0 Å². The molecule has 0 aliphatic carbocycles. The fourth-order valence-electron chi connectivity index (χ4n) is 2.01. The first kappa shape index (κ1) is 13.3. The number of halogens is 1. The van der Waals surface area contributed by atoms with Crippen LogP contribution in [0, 0.1) is 0 Å². The van der Waals surface area contributed by atoms with E-state index in [9.17, 15) is 9.90 Å². The molecule has 2 N–H and O–H groups in total. The first-order valence-electron chi connectivity index (χ1n) is 6.16. The number of carboxylic acids is 1. The quantitative estimate of drug-likeness (QED) is 0.771. The Morgan fingerprint density at radius 1 is 1.05 bits per heavy atom. The summed E-state index contributed by atoms with van der Waals surface area (Å²) in [5, 5.41) is 21.4. The summed E-state index contributed by atoms with van der Waals surface area (Å²) < 4.78 is 0. The predicted octanol–water partition coefficient (Wildman–Crippen LogP) is 3.73.